The number of nitrogens with zero attached hydrogens (tertiary/aromatic N) is 2. The summed E-state index contributed by atoms with van der Waals surface area (Å²) in [5, 5.41) is 10.7. The van der Waals surface area contributed by atoms with E-state index in [0.717, 1.165) is 37.4 Å². The maximum absolute atomic E-state index is 13.1. The van der Waals surface area contributed by atoms with Crippen LogP contribution in [0.4, 0.5) is 10.1 Å². The van der Waals surface area contributed by atoms with E-state index in [-0.39, 0.29) is 5.82 Å². The molecule has 0 saturated carbocycles. The van der Waals surface area contributed by atoms with Crippen LogP contribution < -0.4 is 14.4 Å². The van der Waals surface area contributed by atoms with Crippen LogP contribution in [0.5, 0.6) is 11.5 Å². The van der Waals surface area contributed by atoms with Gasteiger partial charge >= 0.3 is 0 Å². The lowest BCUT2D eigenvalue weighted by atomic mass is 10.1. The standard InChI is InChI=1S/C20H25FN2O3/c1-25-17-7-8-20(26-2)18(13-17)19(24)14-22-9-11-23(12-10-22)16-5-3-15(21)4-6-16/h3-8,13,19,24H,9-12,14H2,1-2H3. The Balaban J connectivity index is 1.60. The van der Waals surface area contributed by atoms with Crippen molar-refractivity contribution in [2.45, 2.75) is 6.10 Å². The van der Waals surface area contributed by atoms with E-state index in [0.29, 0.717) is 18.0 Å². The Hall–Kier alpha value is -2.31. The number of β-amino-alcohol motifs (C(OH)–C–C–N with tert-alkyl or cyclic N) is 1. The Bertz CT molecular complexity index is 715. The van der Waals surface area contributed by atoms with Gasteiger partial charge in [-0.3, -0.25) is 4.90 Å². The first kappa shape index (κ1) is 18.5. The van der Waals surface area contributed by atoms with Gasteiger partial charge in [-0.05, 0) is 42.5 Å². The molecule has 6 heteroatoms. The van der Waals surface area contributed by atoms with Crippen LogP contribution in [0.15, 0.2) is 42.5 Å². The molecular weight excluding hydrogens is 335 g/mol. The summed E-state index contributed by atoms with van der Waals surface area (Å²) in [6.45, 7) is 3.88. The van der Waals surface area contributed by atoms with Crippen LogP contribution >= 0.6 is 0 Å². The topological polar surface area (TPSA) is 45.2 Å². The zero-order chi connectivity index (χ0) is 18.5. The number of halogens is 1. The van der Waals surface area contributed by atoms with Gasteiger partial charge in [0.1, 0.15) is 17.3 Å². The highest BCUT2D eigenvalue weighted by Crippen LogP contribution is 2.30. The van der Waals surface area contributed by atoms with E-state index in [1.54, 1.807) is 26.4 Å². The summed E-state index contributed by atoms with van der Waals surface area (Å²) in [6.07, 6.45) is -0.655. The molecule has 1 fully saturated rings. The van der Waals surface area contributed by atoms with Gasteiger partial charge in [-0.15, -0.1) is 0 Å². The molecule has 5 nitrogen and oxygen atoms in total. The number of hydrogen-bond acceptors (Lipinski definition) is 5. The third-order valence-corrected chi connectivity index (χ3v) is 4.79. The molecule has 26 heavy (non-hydrogen) atoms. The molecule has 0 bridgehead atoms. The minimum Gasteiger partial charge on any atom is -0.497 e. The largest absolute Gasteiger partial charge is 0.497 e. The third kappa shape index (κ3) is 4.26. The van der Waals surface area contributed by atoms with E-state index in [2.05, 4.69) is 9.80 Å². The number of hydrogen-bond donors (Lipinski definition) is 1. The molecule has 1 N–H and O–H groups in total. The predicted octanol–water partition coefficient (Wildman–Crippen LogP) is 2.70. The first-order valence-corrected chi connectivity index (χ1v) is 8.73. The Morgan fingerprint density at radius 1 is 1.00 bits per heavy atom. The van der Waals surface area contributed by atoms with Gasteiger partial charge in [0.2, 0.25) is 0 Å². The van der Waals surface area contributed by atoms with Crippen LogP contribution in [-0.2, 0) is 0 Å². The van der Waals surface area contributed by atoms with Crippen LogP contribution in [0.2, 0.25) is 0 Å². The molecule has 1 aliphatic rings. The number of methoxy groups -OCH3 is 2. The zero-order valence-electron chi connectivity index (χ0n) is 15.2. The third-order valence-electron chi connectivity index (χ3n) is 4.79. The van der Waals surface area contributed by atoms with E-state index in [1.165, 1.54) is 12.1 Å². The number of anilines is 1. The fraction of sp³-hybridized carbons (Fsp3) is 0.400. The number of ether oxygens (including phenoxy) is 2. The van der Waals surface area contributed by atoms with Crippen molar-refractivity contribution in [1.29, 1.82) is 0 Å². The van der Waals surface area contributed by atoms with Gasteiger partial charge in [-0.25, -0.2) is 4.39 Å². The maximum Gasteiger partial charge on any atom is 0.124 e. The molecule has 0 spiro atoms. The SMILES string of the molecule is COc1ccc(OC)c(C(O)CN2CCN(c3ccc(F)cc3)CC2)c1. The van der Waals surface area contributed by atoms with Gasteiger partial charge in [0, 0.05) is 44.0 Å². The molecule has 1 atom stereocenters. The number of aliphatic hydroxyl groups is 1. The van der Waals surface area contributed by atoms with E-state index in [9.17, 15) is 9.50 Å². The Morgan fingerprint density at radius 3 is 2.31 bits per heavy atom. The summed E-state index contributed by atoms with van der Waals surface area (Å²) in [6, 6.07) is 12.0. The highest BCUT2D eigenvalue weighted by molar-refractivity contribution is 5.46. The Kier molecular flexibility index (Phi) is 5.96. The van der Waals surface area contributed by atoms with Crippen LogP contribution in [0.1, 0.15) is 11.7 Å². The van der Waals surface area contributed by atoms with E-state index < -0.39 is 6.10 Å². The molecule has 2 aromatic rings. The normalized spacial score (nSPS) is 16.4. The average molecular weight is 360 g/mol. The van der Waals surface area contributed by atoms with Crippen LogP contribution in [-0.4, -0.2) is 56.9 Å². The fourth-order valence-electron chi connectivity index (χ4n) is 3.28. The molecule has 1 saturated heterocycles. The number of benzene rings is 2. The minimum atomic E-state index is -0.655. The van der Waals surface area contributed by atoms with E-state index in [4.69, 9.17) is 9.47 Å². The molecule has 0 amide bonds. The molecular formula is C20H25FN2O3. The predicted molar refractivity (Wildman–Crippen MR) is 99.6 cm³/mol. The quantitative estimate of drug-likeness (QED) is 0.858. The molecule has 2 aromatic carbocycles. The molecule has 0 aliphatic carbocycles. The van der Waals surface area contributed by atoms with Crippen molar-refractivity contribution in [3.05, 3.63) is 53.8 Å². The smallest absolute Gasteiger partial charge is 0.124 e. The van der Waals surface area contributed by atoms with Crippen molar-refractivity contribution in [3.63, 3.8) is 0 Å². The molecule has 1 unspecified atom stereocenters. The van der Waals surface area contributed by atoms with Crippen molar-refractivity contribution in [2.75, 3.05) is 51.8 Å². The van der Waals surface area contributed by atoms with Crippen LogP contribution in [0, 0.1) is 5.82 Å². The Labute approximate surface area is 153 Å². The maximum atomic E-state index is 13.1. The van der Waals surface area contributed by atoms with Gasteiger partial charge in [-0.1, -0.05) is 0 Å². The van der Waals surface area contributed by atoms with Crippen molar-refractivity contribution in [3.8, 4) is 11.5 Å². The summed E-state index contributed by atoms with van der Waals surface area (Å²) in [4.78, 5) is 4.46. The average Bonchev–Trinajstić information content (AvgIpc) is 2.68. The number of aliphatic hydroxyl groups excluding tert-OH is 1. The summed E-state index contributed by atoms with van der Waals surface area (Å²) in [5.41, 5.74) is 1.76. The lowest BCUT2D eigenvalue weighted by molar-refractivity contribution is 0.107. The molecule has 1 aliphatic heterocycles. The van der Waals surface area contributed by atoms with Crippen molar-refractivity contribution in [2.24, 2.45) is 0 Å². The van der Waals surface area contributed by atoms with Crippen molar-refractivity contribution < 1.29 is 19.0 Å². The minimum absolute atomic E-state index is 0.220. The molecule has 0 radical (unpaired) electrons. The molecule has 3 rings (SSSR count). The summed E-state index contributed by atoms with van der Waals surface area (Å²) in [7, 11) is 3.20. The van der Waals surface area contributed by atoms with Crippen LogP contribution in [0.25, 0.3) is 0 Å². The zero-order valence-corrected chi connectivity index (χ0v) is 15.2. The van der Waals surface area contributed by atoms with Gasteiger partial charge in [0.05, 0.1) is 20.3 Å². The van der Waals surface area contributed by atoms with E-state index >= 15 is 0 Å². The van der Waals surface area contributed by atoms with Crippen molar-refractivity contribution in [1.82, 2.24) is 4.90 Å². The molecule has 0 aromatic heterocycles. The second kappa shape index (κ2) is 8.38. The molecule has 140 valence electrons. The first-order chi connectivity index (χ1) is 12.6. The summed E-state index contributed by atoms with van der Waals surface area (Å²) in [5.74, 6) is 1.13. The fourth-order valence-corrected chi connectivity index (χ4v) is 3.28. The molecule has 1 heterocycles. The Morgan fingerprint density at radius 2 is 1.69 bits per heavy atom. The van der Waals surface area contributed by atoms with Gasteiger partial charge < -0.3 is 19.5 Å². The number of rotatable bonds is 6. The van der Waals surface area contributed by atoms with E-state index in [1.807, 2.05) is 18.2 Å². The van der Waals surface area contributed by atoms with Gasteiger partial charge in [0.15, 0.2) is 0 Å². The summed E-state index contributed by atoms with van der Waals surface area (Å²) >= 11 is 0. The lowest BCUT2D eigenvalue weighted by Gasteiger charge is -2.37. The highest BCUT2D eigenvalue weighted by Gasteiger charge is 2.22. The highest BCUT2D eigenvalue weighted by atomic mass is 19.1. The van der Waals surface area contributed by atoms with Gasteiger partial charge in [0.25, 0.3) is 0 Å². The van der Waals surface area contributed by atoms with Gasteiger partial charge in [-0.2, -0.15) is 0 Å². The second-order valence-corrected chi connectivity index (χ2v) is 6.39. The summed E-state index contributed by atoms with van der Waals surface area (Å²) < 4.78 is 23.7. The van der Waals surface area contributed by atoms with Crippen molar-refractivity contribution >= 4 is 5.69 Å². The second-order valence-electron chi connectivity index (χ2n) is 6.39. The first-order valence-electron chi connectivity index (χ1n) is 8.73. The lowest BCUT2D eigenvalue weighted by Crippen LogP contribution is -2.47. The van der Waals surface area contributed by atoms with Crippen LogP contribution in [0.3, 0.4) is 0 Å². The monoisotopic (exact) mass is 360 g/mol. The number of piperazine rings is 1.